The Balaban J connectivity index is 2.93. The van der Waals surface area contributed by atoms with Crippen LogP contribution in [0.5, 0.6) is 0 Å². The molecule has 23 heavy (non-hydrogen) atoms. The molecule has 1 aliphatic carbocycles. The highest BCUT2D eigenvalue weighted by Crippen LogP contribution is 2.30. The summed E-state index contributed by atoms with van der Waals surface area (Å²) in [7, 11) is 0. The van der Waals surface area contributed by atoms with Crippen LogP contribution in [-0.4, -0.2) is 32.6 Å². The predicted molar refractivity (Wildman–Crippen MR) is 96.3 cm³/mol. The van der Waals surface area contributed by atoms with E-state index >= 15 is 0 Å². The van der Waals surface area contributed by atoms with E-state index in [-0.39, 0.29) is 5.92 Å². The topological polar surface area (TPSA) is 60.7 Å². The fourth-order valence-corrected chi connectivity index (χ4v) is 3.19. The van der Waals surface area contributed by atoms with Crippen molar-refractivity contribution in [3.8, 4) is 0 Å². The Morgan fingerprint density at radius 3 is 2.43 bits per heavy atom. The summed E-state index contributed by atoms with van der Waals surface area (Å²) < 4.78 is 0. The minimum atomic E-state index is -0.807. The second-order valence-electron chi connectivity index (χ2n) is 8.23. The van der Waals surface area contributed by atoms with Gasteiger partial charge in [0.2, 0.25) is 0 Å². The van der Waals surface area contributed by atoms with E-state index in [0.29, 0.717) is 6.42 Å². The average Bonchev–Trinajstić information content (AvgIpc) is 2.40. The van der Waals surface area contributed by atoms with Gasteiger partial charge in [-0.3, -0.25) is 0 Å². The van der Waals surface area contributed by atoms with Crippen LogP contribution in [0.4, 0.5) is 0 Å². The van der Waals surface area contributed by atoms with Gasteiger partial charge in [-0.05, 0) is 91.1 Å². The Labute approximate surface area is 142 Å². The molecule has 0 spiro atoms. The van der Waals surface area contributed by atoms with Crippen molar-refractivity contribution in [1.29, 1.82) is 0 Å². The molecule has 0 amide bonds. The van der Waals surface area contributed by atoms with Crippen molar-refractivity contribution in [3.05, 3.63) is 23.3 Å². The molecular weight excluding hydrogens is 288 g/mol. The Hall–Kier alpha value is -0.640. The molecule has 3 atom stereocenters. The van der Waals surface area contributed by atoms with Gasteiger partial charge in [0, 0.05) is 0 Å². The zero-order chi connectivity index (χ0) is 17.7. The molecule has 0 heterocycles. The van der Waals surface area contributed by atoms with Crippen LogP contribution in [0.1, 0.15) is 79.6 Å². The van der Waals surface area contributed by atoms with Gasteiger partial charge in [-0.1, -0.05) is 17.7 Å². The van der Waals surface area contributed by atoms with Crippen LogP contribution >= 0.6 is 0 Å². The highest BCUT2D eigenvalue weighted by molar-refractivity contribution is 5.07. The number of aliphatic hydroxyl groups is 3. The maximum absolute atomic E-state index is 10.5. The first-order valence-electron chi connectivity index (χ1n) is 8.96. The van der Waals surface area contributed by atoms with Crippen molar-refractivity contribution in [1.82, 2.24) is 0 Å². The molecule has 3 unspecified atom stereocenters. The lowest BCUT2D eigenvalue weighted by molar-refractivity contribution is -0.00140. The number of rotatable bonds is 1. The summed E-state index contributed by atoms with van der Waals surface area (Å²) in [6, 6.07) is 0. The minimum Gasteiger partial charge on any atom is -0.390 e. The monoisotopic (exact) mass is 324 g/mol. The minimum absolute atomic E-state index is 0.0295. The van der Waals surface area contributed by atoms with E-state index in [1.165, 1.54) is 5.57 Å². The highest BCUT2D eigenvalue weighted by atomic mass is 16.3. The van der Waals surface area contributed by atoms with Gasteiger partial charge in [-0.2, -0.15) is 0 Å². The Morgan fingerprint density at radius 1 is 1.17 bits per heavy atom. The van der Waals surface area contributed by atoms with E-state index in [4.69, 9.17) is 0 Å². The first-order valence-corrected chi connectivity index (χ1v) is 8.96. The van der Waals surface area contributed by atoms with Crippen molar-refractivity contribution in [2.75, 3.05) is 0 Å². The van der Waals surface area contributed by atoms with Gasteiger partial charge in [0.15, 0.2) is 0 Å². The van der Waals surface area contributed by atoms with Crippen LogP contribution in [0, 0.1) is 5.92 Å². The molecule has 1 rings (SSSR count). The maximum Gasteiger partial charge on any atom is 0.0751 e. The second kappa shape index (κ2) is 8.46. The maximum atomic E-state index is 10.5. The normalized spacial score (nSPS) is 37.2. The average molecular weight is 325 g/mol. The summed E-state index contributed by atoms with van der Waals surface area (Å²) in [4.78, 5) is 0. The third-order valence-corrected chi connectivity index (χ3v) is 5.22. The molecule has 0 aromatic carbocycles. The summed E-state index contributed by atoms with van der Waals surface area (Å²) in [5, 5.41) is 31.3. The molecule has 1 aliphatic rings. The number of hydrogen-bond donors (Lipinski definition) is 3. The predicted octanol–water partition coefficient (Wildman–Crippen LogP) is 4.12. The molecule has 0 aromatic rings. The van der Waals surface area contributed by atoms with Crippen molar-refractivity contribution in [3.63, 3.8) is 0 Å². The van der Waals surface area contributed by atoms with E-state index in [2.05, 4.69) is 13.0 Å². The molecule has 0 radical (unpaired) electrons. The van der Waals surface area contributed by atoms with Gasteiger partial charge in [0.1, 0.15) is 0 Å². The molecule has 3 heteroatoms. The SMILES string of the molecule is C/C1=C\CC(C(C)(C)O)CC(O)/C(C)=C/CCC(C)(O)CCC1. The number of allylic oxidation sites excluding steroid dienone is 3. The molecule has 0 saturated carbocycles. The third-order valence-electron chi connectivity index (χ3n) is 5.22. The van der Waals surface area contributed by atoms with E-state index in [1.54, 1.807) is 0 Å². The van der Waals surface area contributed by atoms with Gasteiger partial charge in [-0.15, -0.1) is 0 Å². The quantitative estimate of drug-likeness (QED) is 0.636. The van der Waals surface area contributed by atoms with Crippen LogP contribution in [0.3, 0.4) is 0 Å². The molecule has 0 bridgehead atoms. The largest absolute Gasteiger partial charge is 0.390 e. The van der Waals surface area contributed by atoms with Crippen LogP contribution in [0.15, 0.2) is 23.3 Å². The van der Waals surface area contributed by atoms with Gasteiger partial charge < -0.3 is 15.3 Å². The van der Waals surface area contributed by atoms with Crippen LogP contribution < -0.4 is 0 Å². The lowest BCUT2D eigenvalue weighted by atomic mass is 9.81. The van der Waals surface area contributed by atoms with Gasteiger partial charge in [0.05, 0.1) is 17.3 Å². The zero-order valence-electron chi connectivity index (χ0n) is 15.6. The Morgan fingerprint density at radius 2 is 1.83 bits per heavy atom. The molecule has 3 N–H and O–H groups in total. The standard InChI is InChI=1S/C20H36O3/c1-15-8-6-12-20(5,23)13-7-9-16(2)18(21)14-17(11-10-15)19(3,4)22/h9-10,17-18,21-23H,6-8,11-14H2,1-5H3/b15-10+,16-9+. The molecule has 0 aliphatic heterocycles. The van der Waals surface area contributed by atoms with E-state index in [1.807, 2.05) is 33.8 Å². The number of aliphatic hydroxyl groups excluding tert-OH is 1. The van der Waals surface area contributed by atoms with Gasteiger partial charge in [-0.25, -0.2) is 0 Å². The van der Waals surface area contributed by atoms with Crippen LogP contribution in [0.2, 0.25) is 0 Å². The summed E-state index contributed by atoms with van der Waals surface area (Å²) >= 11 is 0. The summed E-state index contributed by atoms with van der Waals surface area (Å²) in [6.45, 7) is 9.61. The van der Waals surface area contributed by atoms with Crippen molar-refractivity contribution in [2.24, 2.45) is 5.92 Å². The molecule has 3 nitrogen and oxygen atoms in total. The molecular formula is C20H36O3. The van der Waals surface area contributed by atoms with Crippen LogP contribution in [-0.2, 0) is 0 Å². The summed E-state index contributed by atoms with van der Waals surface area (Å²) in [5.41, 5.74) is 0.794. The van der Waals surface area contributed by atoms with Crippen LogP contribution in [0.25, 0.3) is 0 Å². The van der Waals surface area contributed by atoms with Gasteiger partial charge in [0.25, 0.3) is 0 Å². The lowest BCUT2D eigenvalue weighted by Crippen LogP contribution is -2.33. The molecule has 0 saturated heterocycles. The first kappa shape index (κ1) is 20.4. The van der Waals surface area contributed by atoms with Gasteiger partial charge >= 0.3 is 0 Å². The third kappa shape index (κ3) is 7.65. The van der Waals surface area contributed by atoms with E-state index in [9.17, 15) is 15.3 Å². The zero-order valence-corrected chi connectivity index (χ0v) is 15.6. The fraction of sp³-hybridized carbons (Fsp3) is 0.800. The fourth-order valence-electron chi connectivity index (χ4n) is 3.19. The second-order valence-corrected chi connectivity index (χ2v) is 8.23. The molecule has 134 valence electrons. The summed E-state index contributed by atoms with van der Waals surface area (Å²) in [6.07, 6.45) is 9.27. The number of hydrogen-bond acceptors (Lipinski definition) is 3. The van der Waals surface area contributed by atoms with Crippen molar-refractivity contribution >= 4 is 0 Å². The van der Waals surface area contributed by atoms with E-state index in [0.717, 1.165) is 44.1 Å². The Bertz CT molecular complexity index is 427. The molecule has 0 fully saturated rings. The highest BCUT2D eigenvalue weighted by Gasteiger charge is 2.29. The van der Waals surface area contributed by atoms with Crippen molar-refractivity contribution < 1.29 is 15.3 Å². The first-order chi connectivity index (χ1) is 10.5. The lowest BCUT2D eigenvalue weighted by Gasteiger charge is -2.31. The smallest absolute Gasteiger partial charge is 0.0751 e. The summed E-state index contributed by atoms with van der Waals surface area (Å²) in [5.74, 6) is 0.0295. The van der Waals surface area contributed by atoms with Crippen molar-refractivity contribution in [2.45, 2.75) is 96.9 Å². The molecule has 0 aromatic heterocycles. The Kier molecular flexibility index (Phi) is 7.50. The van der Waals surface area contributed by atoms with E-state index < -0.39 is 17.3 Å².